The fourth-order valence-corrected chi connectivity index (χ4v) is 11.0. The van der Waals surface area contributed by atoms with Crippen molar-refractivity contribution in [3.8, 4) is 0 Å². The third-order valence-corrected chi connectivity index (χ3v) is 16.5. The van der Waals surface area contributed by atoms with E-state index in [1.165, 1.54) is 6.08 Å². The van der Waals surface area contributed by atoms with E-state index < -0.39 is 17.7 Å². The zero-order valence-corrected chi connectivity index (χ0v) is 38.6. The minimum atomic E-state index is -0.936. The molecule has 10 saturated heterocycles. The van der Waals surface area contributed by atoms with E-state index in [1.54, 1.807) is 12.2 Å². The van der Waals surface area contributed by atoms with Crippen LogP contribution in [0.3, 0.4) is 0 Å². The third-order valence-electron chi connectivity index (χ3n) is 16.5. The van der Waals surface area contributed by atoms with Gasteiger partial charge in [0.1, 0.15) is 30.2 Å². The summed E-state index contributed by atoms with van der Waals surface area (Å²) in [5.41, 5.74) is -0.0379. The van der Waals surface area contributed by atoms with Crippen LogP contribution in [-0.4, -0.2) is 148 Å². The van der Waals surface area contributed by atoms with Gasteiger partial charge in [0.15, 0.2) is 0 Å². The van der Waals surface area contributed by atoms with Crippen LogP contribution in [0, 0.1) is 5.92 Å². The number of rotatable bonds is 28. The van der Waals surface area contributed by atoms with Crippen LogP contribution in [-0.2, 0) is 57.0 Å². The summed E-state index contributed by atoms with van der Waals surface area (Å²) in [5, 5.41) is 19.6. The number of carbonyl (C=O) groups is 2. The molecule has 0 aromatic heterocycles. The monoisotopic (exact) mass is 894 g/mol. The maximum atomic E-state index is 11.0. The van der Waals surface area contributed by atoms with E-state index in [4.69, 9.17) is 52.5 Å². The van der Waals surface area contributed by atoms with Gasteiger partial charge in [0.2, 0.25) is 0 Å². The lowest BCUT2D eigenvalue weighted by molar-refractivity contribution is -0.131. The van der Waals surface area contributed by atoms with E-state index in [9.17, 15) is 14.7 Å². The predicted octanol–water partition coefficient (Wildman–Crippen LogP) is 5.80. The Morgan fingerprint density at radius 1 is 0.703 bits per heavy atom. The number of aliphatic hydroxyl groups excluding tert-OH is 1. The molecule has 14 nitrogen and oxygen atoms in total. The molecule has 0 amide bonds. The van der Waals surface area contributed by atoms with Gasteiger partial charge >= 0.3 is 5.97 Å². The van der Waals surface area contributed by atoms with Crippen LogP contribution in [0.4, 0.5) is 0 Å². The van der Waals surface area contributed by atoms with Crippen LogP contribution in [0.5, 0.6) is 0 Å². The van der Waals surface area contributed by atoms with E-state index in [2.05, 4.69) is 53.3 Å². The number of aliphatic carboxylic acids is 1. The zero-order chi connectivity index (χ0) is 45.1. The van der Waals surface area contributed by atoms with Crippen molar-refractivity contribution >= 4 is 12.3 Å². The quantitative estimate of drug-likeness (QED) is 0.0414. The highest BCUT2D eigenvalue weighted by Crippen LogP contribution is 2.56. The molecule has 14 heteroatoms. The molecule has 354 valence electrons. The molecule has 10 rings (SSSR count). The topological polar surface area (TPSA) is 200 Å². The highest BCUT2D eigenvalue weighted by molar-refractivity contribution is 5.80. The lowest BCUT2D eigenvalue weighted by Gasteiger charge is -2.11. The van der Waals surface area contributed by atoms with Crippen molar-refractivity contribution in [2.24, 2.45) is 5.92 Å². The van der Waals surface area contributed by atoms with Crippen LogP contribution < -0.4 is 0 Å². The Labute approximate surface area is 377 Å². The van der Waals surface area contributed by atoms with Crippen molar-refractivity contribution < 1.29 is 67.2 Å². The largest absolute Gasteiger partial charge is 0.478 e. The van der Waals surface area contributed by atoms with Crippen molar-refractivity contribution in [2.45, 2.75) is 245 Å². The molecule has 10 aliphatic heterocycles. The number of ether oxygens (including phenoxy) is 10. The molecule has 0 aliphatic carbocycles. The highest BCUT2D eigenvalue weighted by Gasteiger charge is 2.65. The fourth-order valence-electron chi connectivity index (χ4n) is 11.0. The summed E-state index contributed by atoms with van der Waals surface area (Å²) in [5.74, 6) is -0.501. The first-order valence-electron chi connectivity index (χ1n) is 24.0. The van der Waals surface area contributed by atoms with Crippen LogP contribution in [0.15, 0.2) is 48.1 Å². The summed E-state index contributed by atoms with van der Waals surface area (Å²) < 4.78 is 60.6. The number of hydrogen-bond donors (Lipinski definition) is 2. The van der Waals surface area contributed by atoms with Gasteiger partial charge in [-0.2, -0.15) is 0 Å². The summed E-state index contributed by atoms with van der Waals surface area (Å²) in [6, 6.07) is 0. The number of epoxide rings is 10. The standard InChI is InChI=1S/C50H70O14/c1-26(25-51)11-9-13-37(52)50(8)41(64-50)20-34-33(56-34)19-32-29(55-32)12-10-15-46(4)42(63-46)24-49(7)40(62-49)22-39-47(5,60-39)16-14-30-44(58-30)27(2)17-31-36(57-31)23-48(6)38(61-48)21-35-45(59-35)28(3)18-43(53)54/h9-10,12-13,18,25,27,29-42,44-45,52H,1,11,14-17,19-24H2,2-8H3,(H,53,54)/b12-10-,13-9+,28-18-/t27-,29-,30-,31-,32-,33-,34-,35-,36-,37+,38-,39-,40-,41-,42-,44-,45-,46-,47-,48-,49-,50-/m1/s1. The summed E-state index contributed by atoms with van der Waals surface area (Å²) in [6.07, 6.45) is 20.6. The number of aliphatic hydroxyl groups is 1. The first-order chi connectivity index (χ1) is 30.3. The normalized spacial score (nSPS) is 50.8. The maximum Gasteiger partial charge on any atom is 0.328 e. The summed E-state index contributed by atoms with van der Waals surface area (Å²) in [7, 11) is 0. The number of allylic oxidation sites excluding steroid dienone is 2. The van der Waals surface area contributed by atoms with Crippen molar-refractivity contribution in [3.05, 3.63) is 48.1 Å². The zero-order valence-electron chi connectivity index (χ0n) is 38.6. The predicted molar refractivity (Wildman–Crippen MR) is 231 cm³/mol. The average molecular weight is 895 g/mol. The molecule has 64 heavy (non-hydrogen) atoms. The molecule has 10 aliphatic rings. The minimum Gasteiger partial charge on any atom is -0.478 e. The maximum absolute atomic E-state index is 11.0. The lowest BCUT2D eigenvalue weighted by atomic mass is 9.89. The Balaban J connectivity index is 0.556. The summed E-state index contributed by atoms with van der Waals surface area (Å²) in [6.45, 7) is 18.5. The van der Waals surface area contributed by atoms with Gasteiger partial charge in [0, 0.05) is 44.6 Å². The first kappa shape index (κ1) is 45.4. The Bertz CT molecular complexity index is 1940. The third kappa shape index (κ3) is 10.2. The summed E-state index contributed by atoms with van der Waals surface area (Å²) in [4.78, 5) is 21.7. The molecule has 0 bridgehead atoms. The number of hydrogen-bond acceptors (Lipinski definition) is 13. The molecule has 10 fully saturated rings. The van der Waals surface area contributed by atoms with Crippen LogP contribution in [0.25, 0.3) is 0 Å². The van der Waals surface area contributed by atoms with E-state index in [0.29, 0.717) is 17.9 Å². The van der Waals surface area contributed by atoms with Gasteiger partial charge in [0.05, 0.1) is 102 Å². The van der Waals surface area contributed by atoms with Gasteiger partial charge in [0.25, 0.3) is 0 Å². The smallest absolute Gasteiger partial charge is 0.328 e. The van der Waals surface area contributed by atoms with Crippen molar-refractivity contribution in [1.29, 1.82) is 0 Å². The Morgan fingerprint density at radius 2 is 1.38 bits per heavy atom. The second-order valence-electron chi connectivity index (χ2n) is 22.1. The molecule has 0 spiro atoms. The van der Waals surface area contributed by atoms with Gasteiger partial charge in [-0.05, 0) is 90.7 Å². The fraction of sp³-hybridized carbons (Fsp3) is 0.800. The number of aldehydes is 1. The van der Waals surface area contributed by atoms with Gasteiger partial charge in [-0.15, -0.1) is 0 Å². The van der Waals surface area contributed by atoms with Crippen molar-refractivity contribution in [3.63, 3.8) is 0 Å². The van der Waals surface area contributed by atoms with E-state index >= 15 is 0 Å². The van der Waals surface area contributed by atoms with E-state index in [1.807, 2.05) is 13.8 Å². The molecule has 0 radical (unpaired) electrons. The molecular weight excluding hydrogens is 825 g/mol. The van der Waals surface area contributed by atoms with Crippen LogP contribution >= 0.6 is 0 Å². The molecule has 2 N–H and O–H groups in total. The molecule has 10 heterocycles. The Morgan fingerprint density at radius 3 is 2.14 bits per heavy atom. The number of carboxylic acid groups (broad SMARTS) is 1. The first-order valence-corrected chi connectivity index (χ1v) is 24.0. The van der Waals surface area contributed by atoms with E-state index in [0.717, 1.165) is 76.1 Å². The van der Waals surface area contributed by atoms with Gasteiger partial charge in [-0.3, -0.25) is 4.79 Å². The molecule has 22 atom stereocenters. The van der Waals surface area contributed by atoms with Crippen molar-refractivity contribution in [1.82, 2.24) is 0 Å². The Kier molecular flexibility index (Phi) is 11.7. The molecule has 0 unspecified atom stereocenters. The minimum absolute atomic E-state index is 0.0420. The van der Waals surface area contributed by atoms with Crippen molar-refractivity contribution in [2.75, 3.05) is 0 Å². The SMILES string of the molecule is C=C(C=O)C/C=C/[C@H](O)[C@@]1(C)O[C@@H]1C[C@H]1O[C@@H]1C[C@H]1O[C@@H]1/C=C\C[C@@]1(C)O[C@@H]1C[C@@]1(C)O[C@@H]1C[C@H]1O[C@]1(C)CC[C@H]1O[C@@H]1[C@H](C)C[C@H]1O[C@@H]1C[C@@]1(C)O[C@@H]1C[C@H]1O[C@@H]1/C(C)=C\C(=O)O. The lowest BCUT2D eigenvalue weighted by Crippen LogP contribution is -2.27. The molecule has 0 saturated carbocycles. The van der Waals surface area contributed by atoms with Gasteiger partial charge < -0.3 is 57.6 Å². The second kappa shape index (κ2) is 16.4. The number of carboxylic acids is 1. The van der Waals surface area contributed by atoms with E-state index in [-0.39, 0.29) is 114 Å². The Hall–Kier alpha value is -2.34. The average Bonchev–Trinajstić information content (AvgIpc) is 3.99. The van der Waals surface area contributed by atoms with Crippen LogP contribution in [0.1, 0.15) is 119 Å². The molecule has 0 aromatic rings. The van der Waals surface area contributed by atoms with Crippen LogP contribution in [0.2, 0.25) is 0 Å². The second-order valence-corrected chi connectivity index (χ2v) is 22.1. The molecule has 0 aromatic carbocycles. The van der Waals surface area contributed by atoms with Gasteiger partial charge in [-0.1, -0.05) is 37.8 Å². The van der Waals surface area contributed by atoms with Gasteiger partial charge in [-0.25, -0.2) is 4.79 Å². The molecular formula is C50H70O14. The highest BCUT2D eigenvalue weighted by atomic mass is 16.7. The number of carbonyl (C=O) groups excluding carboxylic acids is 1. The summed E-state index contributed by atoms with van der Waals surface area (Å²) >= 11 is 0.